The molecule has 1 aromatic carbocycles. The zero-order chi connectivity index (χ0) is 11.7. The summed E-state index contributed by atoms with van der Waals surface area (Å²) in [5.74, 6) is 0.901. The standard InChI is InChI=1S/C16H21N/c1-17-11-8-13-6-9-16(12-13)10-7-14-4-2-3-5-15(14)16/h2-5,7,10,13,17H,6,8-9,11-12H2,1H3. The van der Waals surface area contributed by atoms with E-state index in [4.69, 9.17) is 0 Å². The van der Waals surface area contributed by atoms with Gasteiger partial charge < -0.3 is 5.32 Å². The van der Waals surface area contributed by atoms with Crippen LogP contribution in [0.5, 0.6) is 0 Å². The lowest BCUT2D eigenvalue weighted by atomic mass is 9.80. The van der Waals surface area contributed by atoms with E-state index in [1.807, 2.05) is 0 Å². The predicted octanol–water partition coefficient (Wildman–Crippen LogP) is 3.36. The zero-order valence-electron chi connectivity index (χ0n) is 10.6. The molecule has 0 amide bonds. The summed E-state index contributed by atoms with van der Waals surface area (Å²) in [5.41, 5.74) is 3.41. The van der Waals surface area contributed by atoms with E-state index in [1.165, 1.54) is 31.2 Å². The van der Waals surface area contributed by atoms with Gasteiger partial charge in [0.2, 0.25) is 0 Å². The van der Waals surface area contributed by atoms with E-state index in [0.29, 0.717) is 5.41 Å². The Hall–Kier alpha value is -1.08. The minimum atomic E-state index is 0.384. The van der Waals surface area contributed by atoms with Crippen LogP contribution in [0.4, 0.5) is 0 Å². The molecule has 2 aliphatic carbocycles. The maximum absolute atomic E-state index is 3.27. The molecule has 0 heterocycles. The highest BCUT2D eigenvalue weighted by Crippen LogP contribution is 2.50. The summed E-state index contributed by atoms with van der Waals surface area (Å²) < 4.78 is 0. The van der Waals surface area contributed by atoms with E-state index < -0.39 is 0 Å². The Morgan fingerprint density at radius 1 is 1.35 bits per heavy atom. The van der Waals surface area contributed by atoms with Crippen LogP contribution < -0.4 is 5.32 Å². The molecule has 1 N–H and O–H groups in total. The lowest BCUT2D eigenvalue weighted by Gasteiger charge is -2.24. The summed E-state index contributed by atoms with van der Waals surface area (Å²) in [4.78, 5) is 0. The molecular weight excluding hydrogens is 206 g/mol. The van der Waals surface area contributed by atoms with Gasteiger partial charge in [0.1, 0.15) is 0 Å². The third kappa shape index (κ3) is 1.83. The van der Waals surface area contributed by atoms with E-state index in [9.17, 15) is 0 Å². The quantitative estimate of drug-likeness (QED) is 0.835. The molecule has 1 spiro atoms. The minimum absolute atomic E-state index is 0.384. The largest absolute Gasteiger partial charge is 0.320 e. The average molecular weight is 227 g/mol. The fraction of sp³-hybridized carbons (Fsp3) is 0.500. The lowest BCUT2D eigenvalue weighted by molar-refractivity contribution is 0.461. The Labute approximate surface area is 104 Å². The maximum atomic E-state index is 3.27. The third-order valence-corrected chi connectivity index (χ3v) is 4.53. The van der Waals surface area contributed by atoms with Crippen molar-refractivity contribution in [2.24, 2.45) is 5.92 Å². The van der Waals surface area contributed by atoms with E-state index >= 15 is 0 Å². The molecule has 0 aliphatic heterocycles. The molecular formula is C16H21N. The first kappa shape index (κ1) is 11.0. The van der Waals surface area contributed by atoms with Gasteiger partial charge in [0.15, 0.2) is 0 Å². The van der Waals surface area contributed by atoms with Gasteiger partial charge >= 0.3 is 0 Å². The molecule has 1 heteroatoms. The Kier molecular flexibility index (Phi) is 2.79. The molecule has 1 fully saturated rings. The highest BCUT2D eigenvalue weighted by molar-refractivity contribution is 5.65. The van der Waals surface area contributed by atoms with E-state index in [0.717, 1.165) is 12.5 Å². The van der Waals surface area contributed by atoms with E-state index in [-0.39, 0.29) is 0 Å². The Morgan fingerprint density at radius 2 is 2.24 bits per heavy atom. The topological polar surface area (TPSA) is 12.0 Å². The second-order valence-corrected chi connectivity index (χ2v) is 5.58. The number of rotatable bonds is 3. The summed E-state index contributed by atoms with van der Waals surface area (Å²) in [7, 11) is 2.05. The molecule has 3 rings (SSSR count). The Morgan fingerprint density at radius 3 is 3.12 bits per heavy atom. The van der Waals surface area contributed by atoms with Gasteiger partial charge in [-0.05, 0) is 56.3 Å². The molecule has 1 nitrogen and oxygen atoms in total. The molecule has 0 saturated heterocycles. The van der Waals surface area contributed by atoms with Gasteiger partial charge in [-0.3, -0.25) is 0 Å². The number of nitrogens with one attached hydrogen (secondary N) is 1. The van der Waals surface area contributed by atoms with Gasteiger partial charge in [0.05, 0.1) is 0 Å². The monoisotopic (exact) mass is 227 g/mol. The van der Waals surface area contributed by atoms with Crippen LogP contribution in [0.1, 0.15) is 36.8 Å². The predicted molar refractivity (Wildman–Crippen MR) is 73.0 cm³/mol. The van der Waals surface area contributed by atoms with Crippen molar-refractivity contribution >= 4 is 6.08 Å². The van der Waals surface area contributed by atoms with Crippen molar-refractivity contribution in [3.8, 4) is 0 Å². The summed E-state index contributed by atoms with van der Waals surface area (Å²) in [5, 5.41) is 3.27. The summed E-state index contributed by atoms with van der Waals surface area (Å²) >= 11 is 0. The highest BCUT2D eigenvalue weighted by atomic mass is 14.8. The van der Waals surface area contributed by atoms with Crippen molar-refractivity contribution < 1.29 is 0 Å². The SMILES string of the molecule is CNCCC1CCC2(C=Cc3ccccc32)C1. The third-order valence-electron chi connectivity index (χ3n) is 4.53. The fourth-order valence-corrected chi connectivity index (χ4v) is 3.61. The number of fused-ring (bicyclic) bond motifs is 2. The van der Waals surface area contributed by atoms with Crippen molar-refractivity contribution in [3.63, 3.8) is 0 Å². The van der Waals surface area contributed by atoms with Crippen molar-refractivity contribution in [3.05, 3.63) is 41.5 Å². The number of benzene rings is 1. The highest BCUT2D eigenvalue weighted by Gasteiger charge is 2.41. The van der Waals surface area contributed by atoms with Crippen LogP contribution >= 0.6 is 0 Å². The van der Waals surface area contributed by atoms with E-state index in [1.54, 1.807) is 5.56 Å². The summed E-state index contributed by atoms with van der Waals surface area (Å²) in [6.45, 7) is 1.16. The van der Waals surface area contributed by atoms with Crippen LogP contribution in [0.25, 0.3) is 6.08 Å². The normalized spacial score (nSPS) is 30.1. The second kappa shape index (κ2) is 4.30. The van der Waals surface area contributed by atoms with Gasteiger partial charge in [-0.25, -0.2) is 0 Å². The summed E-state index contributed by atoms with van der Waals surface area (Å²) in [6.07, 6.45) is 10.2. The molecule has 2 unspecified atom stereocenters. The number of hydrogen-bond acceptors (Lipinski definition) is 1. The molecule has 2 atom stereocenters. The second-order valence-electron chi connectivity index (χ2n) is 5.58. The molecule has 0 aromatic heterocycles. The van der Waals surface area contributed by atoms with Crippen molar-refractivity contribution in [1.82, 2.24) is 5.32 Å². The fourth-order valence-electron chi connectivity index (χ4n) is 3.61. The van der Waals surface area contributed by atoms with E-state index in [2.05, 4.69) is 48.8 Å². The average Bonchev–Trinajstić information content (AvgIpc) is 2.94. The van der Waals surface area contributed by atoms with Gasteiger partial charge in [-0.15, -0.1) is 0 Å². The smallest absolute Gasteiger partial charge is 0.0144 e. The van der Waals surface area contributed by atoms with Crippen molar-refractivity contribution in [1.29, 1.82) is 0 Å². The molecule has 2 aliphatic rings. The lowest BCUT2D eigenvalue weighted by Crippen LogP contribution is -2.18. The van der Waals surface area contributed by atoms with Crippen LogP contribution in [0.3, 0.4) is 0 Å². The molecule has 1 aromatic rings. The molecule has 0 bridgehead atoms. The Balaban J connectivity index is 1.80. The number of allylic oxidation sites excluding steroid dienone is 1. The number of hydrogen-bond donors (Lipinski definition) is 1. The minimum Gasteiger partial charge on any atom is -0.320 e. The van der Waals surface area contributed by atoms with Gasteiger partial charge in [-0.2, -0.15) is 0 Å². The van der Waals surface area contributed by atoms with Crippen LogP contribution in [-0.4, -0.2) is 13.6 Å². The molecule has 1 saturated carbocycles. The molecule has 0 radical (unpaired) electrons. The van der Waals surface area contributed by atoms with Gasteiger partial charge in [-0.1, -0.05) is 36.4 Å². The van der Waals surface area contributed by atoms with Gasteiger partial charge in [0.25, 0.3) is 0 Å². The van der Waals surface area contributed by atoms with Crippen LogP contribution in [0, 0.1) is 5.92 Å². The van der Waals surface area contributed by atoms with Crippen LogP contribution in [0.2, 0.25) is 0 Å². The van der Waals surface area contributed by atoms with Crippen LogP contribution in [0.15, 0.2) is 30.3 Å². The zero-order valence-corrected chi connectivity index (χ0v) is 10.6. The first-order valence-electron chi connectivity index (χ1n) is 6.77. The maximum Gasteiger partial charge on any atom is 0.0144 e. The van der Waals surface area contributed by atoms with Gasteiger partial charge in [0, 0.05) is 5.41 Å². The molecule has 90 valence electrons. The Bertz CT molecular complexity index is 435. The molecule has 17 heavy (non-hydrogen) atoms. The van der Waals surface area contributed by atoms with Crippen LogP contribution in [-0.2, 0) is 5.41 Å². The van der Waals surface area contributed by atoms with Crippen molar-refractivity contribution in [2.75, 3.05) is 13.6 Å². The summed E-state index contributed by atoms with van der Waals surface area (Å²) in [6, 6.07) is 8.92. The first-order valence-corrected chi connectivity index (χ1v) is 6.77. The first-order chi connectivity index (χ1) is 8.34. The van der Waals surface area contributed by atoms with Crippen molar-refractivity contribution in [2.45, 2.75) is 31.1 Å².